The molecule has 1 saturated carbocycles. The molecule has 118 valence electrons. The highest BCUT2D eigenvalue weighted by molar-refractivity contribution is 7.91. The summed E-state index contributed by atoms with van der Waals surface area (Å²) in [4.78, 5) is 0.431. The Labute approximate surface area is 129 Å². The Morgan fingerprint density at radius 3 is 2.43 bits per heavy atom. The molecule has 2 rings (SSSR count). The van der Waals surface area contributed by atoms with Gasteiger partial charge in [0.2, 0.25) is 0 Å². The molecule has 1 N–H and O–H groups in total. The zero-order valence-electron chi connectivity index (χ0n) is 13.1. The summed E-state index contributed by atoms with van der Waals surface area (Å²) in [6.45, 7) is 5.22. The molecule has 1 aromatic rings. The van der Waals surface area contributed by atoms with E-state index in [2.05, 4.69) is 12.2 Å². The van der Waals surface area contributed by atoms with Crippen LogP contribution in [0.3, 0.4) is 0 Å². The zero-order valence-corrected chi connectivity index (χ0v) is 14.0. The van der Waals surface area contributed by atoms with Crippen molar-refractivity contribution in [3.05, 3.63) is 24.3 Å². The lowest BCUT2D eigenvalue weighted by molar-refractivity contribution is 0.268. The molecule has 0 amide bonds. The predicted octanol–water partition coefficient (Wildman–Crippen LogP) is 4.11. The number of rotatable bonds is 6. The Bertz CT molecular complexity index is 536. The quantitative estimate of drug-likeness (QED) is 0.860. The second-order valence-corrected chi connectivity index (χ2v) is 8.36. The Balaban J connectivity index is 1.93. The average Bonchev–Trinajstić information content (AvgIpc) is 2.47. The third-order valence-electron chi connectivity index (χ3n) is 4.54. The van der Waals surface area contributed by atoms with Gasteiger partial charge >= 0.3 is 0 Å². The minimum absolute atomic E-state index is 0.222. The SMILES string of the molecule is CCCS(=O)(=O)c1ccc(NCC2CCCCC2C)cc1. The molecule has 3 nitrogen and oxygen atoms in total. The van der Waals surface area contributed by atoms with Crippen molar-refractivity contribution in [2.45, 2.75) is 50.8 Å². The number of anilines is 1. The summed E-state index contributed by atoms with van der Waals surface area (Å²) in [6, 6.07) is 7.21. The zero-order chi connectivity index (χ0) is 15.3. The van der Waals surface area contributed by atoms with Gasteiger partial charge in [-0.25, -0.2) is 8.42 Å². The number of benzene rings is 1. The molecule has 0 aromatic heterocycles. The maximum absolute atomic E-state index is 12.0. The monoisotopic (exact) mass is 309 g/mol. The van der Waals surface area contributed by atoms with Gasteiger partial charge in [-0.15, -0.1) is 0 Å². The van der Waals surface area contributed by atoms with E-state index in [9.17, 15) is 8.42 Å². The Kier molecular flexibility index (Phi) is 5.68. The summed E-state index contributed by atoms with van der Waals surface area (Å²) in [5, 5.41) is 3.46. The van der Waals surface area contributed by atoms with Crippen LogP contribution in [0.25, 0.3) is 0 Å². The van der Waals surface area contributed by atoms with E-state index in [-0.39, 0.29) is 5.75 Å². The van der Waals surface area contributed by atoms with Gasteiger partial charge in [0.15, 0.2) is 9.84 Å². The first kappa shape index (κ1) is 16.3. The molecule has 0 bridgehead atoms. The van der Waals surface area contributed by atoms with Gasteiger partial charge < -0.3 is 5.32 Å². The second kappa shape index (κ2) is 7.30. The molecule has 1 aliphatic rings. The molecule has 0 aliphatic heterocycles. The standard InChI is InChI=1S/C17H27NO2S/c1-3-12-21(19,20)17-10-8-16(9-11-17)18-13-15-7-5-4-6-14(15)2/h8-11,14-15,18H,3-7,12-13H2,1-2H3. The highest BCUT2D eigenvalue weighted by atomic mass is 32.2. The van der Waals surface area contributed by atoms with Gasteiger partial charge in [-0.3, -0.25) is 0 Å². The third kappa shape index (κ3) is 4.47. The molecule has 2 atom stereocenters. The van der Waals surface area contributed by atoms with Crippen LogP contribution in [0, 0.1) is 11.8 Å². The first-order valence-corrected chi connectivity index (χ1v) is 9.75. The normalized spacial score (nSPS) is 23.0. The van der Waals surface area contributed by atoms with Crippen LogP contribution >= 0.6 is 0 Å². The van der Waals surface area contributed by atoms with Crippen molar-refractivity contribution in [1.82, 2.24) is 0 Å². The highest BCUT2D eigenvalue weighted by Gasteiger charge is 2.20. The number of sulfone groups is 1. The minimum Gasteiger partial charge on any atom is -0.385 e. The van der Waals surface area contributed by atoms with Crippen LogP contribution in [0.5, 0.6) is 0 Å². The molecule has 2 unspecified atom stereocenters. The summed E-state index contributed by atoms with van der Waals surface area (Å²) >= 11 is 0. The van der Waals surface area contributed by atoms with Crippen LogP contribution < -0.4 is 5.32 Å². The lowest BCUT2D eigenvalue weighted by Gasteiger charge is -2.29. The van der Waals surface area contributed by atoms with E-state index in [0.717, 1.165) is 24.1 Å². The summed E-state index contributed by atoms with van der Waals surface area (Å²) in [6.07, 6.45) is 5.99. The number of hydrogen-bond donors (Lipinski definition) is 1. The van der Waals surface area contributed by atoms with Crippen LogP contribution in [0.1, 0.15) is 46.0 Å². The van der Waals surface area contributed by atoms with Gasteiger partial charge in [-0.05, 0) is 48.9 Å². The smallest absolute Gasteiger partial charge is 0.178 e. The van der Waals surface area contributed by atoms with Gasteiger partial charge in [0.1, 0.15) is 0 Å². The van der Waals surface area contributed by atoms with E-state index in [1.54, 1.807) is 12.1 Å². The van der Waals surface area contributed by atoms with E-state index in [1.165, 1.54) is 25.7 Å². The Morgan fingerprint density at radius 2 is 1.81 bits per heavy atom. The predicted molar refractivity (Wildman–Crippen MR) is 88.4 cm³/mol. The minimum atomic E-state index is -3.10. The second-order valence-electron chi connectivity index (χ2n) is 6.25. The van der Waals surface area contributed by atoms with Gasteiger partial charge in [-0.2, -0.15) is 0 Å². The summed E-state index contributed by atoms with van der Waals surface area (Å²) < 4.78 is 23.9. The van der Waals surface area contributed by atoms with E-state index >= 15 is 0 Å². The van der Waals surface area contributed by atoms with E-state index in [0.29, 0.717) is 11.3 Å². The Morgan fingerprint density at radius 1 is 1.14 bits per heavy atom. The van der Waals surface area contributed by atoms with Crippen molar-refractivity contribution in [3.8, 4) is 0 Å². The third-order valence-corrected chi connectivity index (χ3v) is 6.48. The number of nitrogens with one attached hydrogen (secondary N) is 1. The van der Waals surface area contributed by atoms with E-state index in [1.807, 2.05) is 19.1 Å². The highest BCUT2D eigenvalue weighted by Crippen LogP contribution is 2.29. The molecule has 0 saturated heterocycles. The first-order chi connectivity index (χ1) is 10.0. The summed E-state index contributed by atoms with van der Waals surface area (Å²) in [5.74, 6) is 1.75. The molecule has 1 aromatic carbocycles. The molecule has 0 radical (unpaired) electrons. The van der Waals surface area contributed by atoms with Crippen LogP contribution in [-0.4, -0.2) is 20.7 Å². The van der Waals surface area contributed by atoms with Gasteiger partial charge in [-0.1, -0.05) is 33.1 Å². The molecule has 0 spiro atoms. The molecule has 0 heterocycles. The lowest BCUT2D eigenvalue weighted by atomic mass is 9.80. The van der Waals surface area contributed by atoms with Crippen molar-refractivity contribution in [3.63, 3.8) is 0 Å². The molecular formula is C17H27NO2S. The summed E-state index contributed by atoms with van der Waals surface area (Å²) in [5.41, 5.74) is 1.02. The van der Waals surface area contributed by atoms with Crippen molar-refractivity contribution in [1.29, 1.82) is 0 Å². The van der Waals surface area contributed by atoms with E-state index < -0.39 is 9.84 Å². The van der Waals surface area contributed by atoms with Gasteiger partial charge in [0.05, 0.1) is 10.6 Å². The largest absolute Gasteiger partial charge is 0.385 e. The van der Waals surface area contributed by atoms with E-state index in [4.69, 9.17) is 0 Å². The van der Waals surface area contributed by atoms with Crippen molar-refractivity contribution < 1.29 is 8.42 Å². The maximum Gasteiger partial charge on any atom is 0.178 e. The topological polar surface area (TPSA) is 46.2 Å². The van der Waals surface area contributed by atoms with Crippen LogP contribution in [0.4, 0.5) is 5.69 Å². The molecule has 4 heteroatoms. The summed E-state index contributed by atoms with van der Waals surface area (Å²) in [7, 11) is -3.10. The molecule has 1 aliphatic carbocycles. The van der Waals surface area contributed by atoms with Crippen molar-refractivity contribution in [2.24, 2.45) is 11.8 Å². The average molecular weight is 309 g/mol. The fourth-order valence-electron chi connectivity index (χ4n) is 3.11. The molecular weight excluding hydrogens is 282 g/mol. The Hall–Kier alpha value is -1.03. The van der Waals surface area contributed by atoms with Crippen molar-refractivity contribution in [2.75, 3.05) is 17.6 Å². The fraction of sp³-hybridized carbons (Fsp3) is 0.647. The van der Waals surface area contributed by atoms with Crippen LogP contribution in [0.15, 0.2) is 29.2 Å². The number of hydrogen-bond acceptors (Lipinski definition) is 3. The van der Waals surface area contributed by atoms with Crippen LogP contribution in [-0.2, 0) is 9.84 Å². The maximum atomic E-state index is 12.0. The molecule has 1 fully saturated rings. The van der Waals surface area contributed by atoms with Gasteiger partial charge in [0.25, 0.3) is 0 Å². The van der Waals surface area contributed by atoms with Gasteiger partial charge in [0, 0.05) is 12.2 Å². The van der Waals surface area contributed by atoms with Crippen LogP contribution in [0.2, 0.25) is 0 Å². The fourth-order valence-corrected chi connectivity index (χ4v) is 4.44. The first-order valence-electron chi connectivity index (χ1n) is 8.09. The van der Waals surface area contributed by atoms with Crippen molar-refractivity contribution >= 4 is 15.5 Å². The molecule has 21 heavy (non-hydrogen) atoms. The lowest BCUT2D eigenvalue weighted by Crippen LogP contribution is -2.24.